The molecule has 0 radical (unpaired) electrons. The molecule has 0 bridgehead atoms. The van der Waals surface area contributed by atoms with Crippen molar-refractivity contribution in [2.75, 3.05) is 5.32 Å². The van der Waals surface area contributed by atoms with E-state index in [0.717, 1.165) is 6.42 Å². The number of amides is 1. The summed E-state index contributed by atoms with van der Waals surface area (Å²) in [7, 11) is 0. The van der Waals surface area contributed by atoms with E-state index in [4.69, 9.17) is 10.9 Å². The smallest absolute Gasteiger partial charge is 0.228 e. The number of carbonyl (C=O) groups excluding carboxylic acids is 1. The Morgan fingerprint density at radius 1 is 1.58 bits per heavy atom. The van der Waals surface area contributed by atoms with Crippen molar-refractivity contribution >= 4 is 33.4 Å². The summed E-state index contributed by atoms with van der Waals surface area (Å²) in [6.45, 7) is 4.15. The lowest BCUT2D eigenvalue weighted by atomic mass is 10.1. The van der Waals surface area contributed by atoms with Gasteiger partial charge in [-0.15, -0.1) is 0 Å². The number of halogens is 1. The number of hydrogen-bond acceptors (Lipinski definition) is 3. The van der Waals surface area contributed by atoms with E-state index in [-0.39, 0.29) is 23.1 Å². The number of nitrogens with one attached hydrogen (secondary N) is 1. The average molecular weight is 326 g/mol. The summed E-state index contributed by atoms with van der Waals surface area (Å²) in [4.78, 5) is 12.0. The van der Waals surface area contributed by atoms with Crippen LogP contribution in [0.2, 0.25) is 0 Å². The van der Waals surface area contributed by atoms with E-state index in [1.807, 2.05) is 0 Å². The molecule has 1 aromatic carbocycles. The van der Waals surface area contributed by atoms with Crippen molar-refractivity contribution in [3.8, 4) is 0 Å². The van der Waals surface area contributed by atoms with Crippen LogP contribution in [0, 0.1) is 11.3 Å². The Hall–Kier alpha value is -1.56. The van der Waals surface area contributed by atoms with Gasteiger partial charge >= 0.3 is 0 Å². The van der Waals surface area contributed by atoms with Crippen LogP contribution in [0.25, 0.3) is 0 Å². The summed E-state index contributed by atoms with van der Waals surface area (Å²) in [5.74, 6) is 0.132. The van der Waals surface area contributed by atoms with Crippen molar-refractivity contribution in [3.63, 3.8) is 0 Å². The highest BCUT2D eigenvalue weighted by molar-refractivity contribution is 9.10. The Morgan fingerprint density at radius 2 is 2.21 bits per heavy atom. The summed E-state index contributed by atoms with van der Waals surface area (Å²) in [5, 5.41) is 14.4. The first-order valence-electron chi connectivity index (χ1n) is 5.93. The SMILES string of the molecule is CC1(C)CC1C(=O)Nc1ccc(/C(N)=N/O)cc1Br. The molecule has 1 saturated carbocycles. The van der Waals surface area contributed by atoms with E-state index in [2.05, 4.69) is 40.2 Å². The molecule has 0 aromatic heterocycles. The third-order valence-corrected chi connectivity index (χ3v) is 4.12. The van der Waals surface area contributed by atoms with Crippen LogP contribution >= 0.6 is 15.9 Å². The zero-order valence-electron chi connectivity index (χ0n) is 10.8. The van der Waals surface area contributed by atoms with Crippen molar-refractivity contribution in [2.45, 2.75) is 20.3 Å². The summed E-state index contributed by atoms with van der Waals surface area (Å²) >= 11 is 3.36. The average Bonchev–Trinajstić information content (AvgIpc) is 3.00. The van der Waals surface area contributed by atoms with Crippen LogP contribution in [-0.2, 0) is 4.79 Å². The normalized spacial score (nSPS) is 21.0. The number of anilines is 1. The third kappa shape index (κ3) is 2.89. The Labute approximate surface area is 120 Å². The molecule has 2 rings (SSSR count). The van der Waals surface area contributed by atoms with Gasteiger partial charge in [0.1, 0.15) is 0 Å². The molecular weight excluding hydrogens is 310 g/mol. The molecule has 4 N–H and O–H groups in total. The van der Waals surface area contributed by atoms with Crippen molar-refractivity contribution in [1.29, 1.82) is 0 Å². The topological polar surface area (TPSA) is 87.7 Å². The summed E-state index contributed by atoms with van der Waals surface area (Å²) in [5.41, 5.74) is 6.87. The maximum Gasteiger partial charge on any atom is 0.228 e. The predicted octanol–water partition coefficient (Wildman–Crippen LogP) is 2.53. The Balaban J connectivity index is 2.12. The van der Waals surface area contributed by atoms with Gasteiger partial charge in [-0.05, 0) is 46.0 Å². The zero-order valence-corrected chi connectivity index (χ0v) is 12.4. The van der Waals surface area contributed by atoms with Gasteiger partial charge in [-0.2, -0.15) is 0 Å². The van der Waals surface area contributed by atoms with Gasteiger partial charge in [-0.25, -0.2) is 0 Å². The first-order valence-corrected chi connectivity index (χ1v) is 6.73. The predicted molar refractivity (Wildman–Crippen MR) is 77.2 cm³/mol. The van der Waals surface area contributed by atoms with Gasteiger partial charge in [0.2, 0.25) is 5.91 Å². The molecule has 1 aliphatic carbocycles. The molecule has 1 unspecified atom stereocenters. The molecule has 1 atom stereocenters. The Kier molecular flexibility index (Phi) is 3.54. The fourth-order valence-electron chi connectivity index (χ4n) is 1.97. The molecule has 5 nitrogen and oxygen atoms in total. The summed E-state index contributed by atoms with van der Waals surface area (Å²) < 4.78 is 0.698. The van der Waals surface area contributed by atoms with Gasteiger partial charge in [-0.3, -0.25) is 4.79 Å². The highest BCUT2D eigenvalue weighted by Crippen LogP contribution is 2.52. The standard InChI is InChI=1S/C13H16BrN3O2/c1-13(2)6-8(13)12(18)16-10-4-3-7(5-9(10)14)11(15)17-19/h3-5,8,19H,6H2,1-2H3,(H2,15,17)(H,16,18). The van der Waals surface area contributed by atoms with Crippen molar-refractivity contribution in [3.05, 3.63) is 28.2 Å². The van der Waals surface area contributed by atoms with Crippen LogP contribution in [-0.4, -0.2) is 17.0 Å². The lowest BCUT2D eigenvalue weighted by Gasteiger charge is -2.09. The lowest BCUT2D eigenvalue weighted by molar-refractivity contribution is -0.118. The van der Waals surface area contributed by atoms with Crippen LogP contribution in [0.1, 0.15) is 25.8 Å². The number of benzene rings is 1. The maximum absolute atomic E-state index is 12.0. The highest BCUT2D eigenvalue weighted by Gasteiger charge is 2.50. The molecule has 1 fully saturated rings. The van der Waals surface area contributed by atoms with Gasteiger partial charge in [0, 0.05) is 16.0 Å². The second-order valence-electron chi connectivity index (χ2n) is 5.41. The maximum atomic E-state index is 12.0. The monoisotopic (exact) mass is 325 g/mol. The van der Waals surface area contributed by atoms with E-state index in [1.165, 1.54) is 0 Å². The van der Waals surface area contributed by atoms with Crippen LogP contribution in [0.4, 0.5) is 5.69 Å². The molecule has 19 heavy (non-hydrogen) atoms. The molecule has 0 heterocycles. The van der Waals surface area contributed by atoms with Crippen LogP contribution in [0.5, 0.6) is 0 Å². The first-order chi connectivity index (χ1) is 8.85. The highest BCUT2D eigenvalue weighted by atomic mass is 79.9. The number of oxime groups is 1. The van der Waals surface area contributed by atoms with E-state index < -0.39 is 0 Å². The number of rotatable bonds is 3. The molecular formula is C13H16BrN3O2. The molecule has 0 spiro atoms. The van der Waals surface area contributed by atoms with E-state index in [1.54, 1.807) is 18.2 Å². The van der Waals surface area contributed by atoms with Crippen molar-refractivity contribution in [2.24, 2.45) is 22.2 Å². The summed E-state index contributed by atoms with van der Waals surface area (Å²) in [6.07, 6.45) is 0.915. The molecule has 6 heteroatoms. The number of hydrogen-bond donors (Lipinski definition) is 3. The van der Waals surface area contributed by atoms with E-state index >= 15 is 0 Å². The minimum Gasteiger partial charge on any atom is -0.409 e. The molecule has 0 saturated heterocycles. The lowest BCUT2D eigenvalue weighted by Crippen LogP contribution is -2.17. The third-order valence-electron chi connectivity index (χ3n) is 3.46. The molecule has 1 aromatic rings. The number of carbonyl (C=O) groups is 1. The van der Waals surface area contributed by atoms with Crippen LogP contribution < -0.4 is 11.1 Å². The minimum atomic E-state index is 0.0295. The van der Waals surface area contributed by atoms with Crippen molar-refractivity contribution < 1.29 is 10.0 Å². The van der Waals surface area contributed by atoms with E-state index in [0.29, 0.717) is 15.7 Å². The molecule has 102 valence electrons. The summed E-state index contributed by atoms with van der Waals surface area (Å²) in [6, 6.07) is 5.11. The fraction of sp³-hybridized carbons (Fsp3) is 0.385. The number of amidine groups is 1. The Bertz CT molecular complexity index is 555. The second-order valence-corrected chi connectivity index (χ2v) is 6.27. The minimum absolute atomic E-state index is 0.0295. The van der Waals surface area contributed by atoms with Crippen LogP contribution in [0.3, 0.4) is 0 Å². The number of nitrogens with two attached hydrogens (primary N) is 1. The van der Waals surface area contributed by atoms with Gasteiger partial charge in [0.15, 0.2) is 5.84 Å². The van der Waals surface area contributed by atoms with E-state index in [9.17, 15) is 4.79 Å². The molecule has 1 aliphatic rings. The van der Waals surface area contributed by atoms with Gasteiger partial charge in [0.05, 0.1) is 5.69 Å². The van der Waals surface area contributed by atoms with Gasteiger partial charge in [-0.1, -0.05) is 19.0 Å². The quantitative estimate of drug-likeness (QED) is 0.345. The molecule has 0 aliphatic heterocycles. The largest absolute Gasteiger partial charge is 0.409 e. The van der Waals surface area contributed by atoms with Gasteiger partial charge < -0.3 is 16.3 Å². The number of nitrogens with zero attached hydrogens (tertiary/aromatic N) is 1. The second kappa shape index (κ2) is 4.85. The first kappa shape index (κ1) is 13.9. The molecule has 1 amide bonds. The van der Waals surface area contributed by atoms with Gasteiger partial charge in [0.25, 0.3) is 0 Å². The zero-order chi connectivity index (χ0) is 14.2. The van der Waals surface area contributed by atoms with Crippen LogP contribution in [0.15, 0.2) is 27.8 Å². The van der Waals surface area contributed by atoms with Crippen molar-refractivity contribution in [1.82, 2.24) is 0 Å². The Morgan fingerprint density at radius 3 is 2.68 bits per heavy atom. The fourth-order valence-corrected chi connectivity index (χ4v) is 2.45.